The lowest BCUT2D eigenvalue weighted by Gasteiger charge is -2.18. The third-order valence-electron chi connectivity index (χ3n) is 4.14. The number of hydrogen-bond donors (Lipinski definition) is 1. The average molecular weight is 232 g/mol. The molecule has 1 fully saturated rings. The number of benzene rings is 1. The molecule has 1 aliphatic heterocycles. The maximum Gasteiger partial charge on any atom is 0.0841 e. The summed E-state index contributed by atoms with van der Waals surface area (Å²) < 4.78 is 5.54. The zero-order chi connectivity index (χ0) is 11.8. The molecule has 1 heterocycles. The molecule has 2 aliphatic rings. The number of ether oxygens (including phenoxy) is 1. The highest BCUT2D eigenvalue weighted by molar-refractivity contribution is 5.36. The Kier molecular flexibility index (Phi) is 2.93. The predicted octanol–water partition coefficient (Wildman–Crippen LogP) is 2.63. The van der Waals surface area contributed by atoms with Crippen LogP contribution in [0.5, 0.6) is 0 Å². The van der Waals surface area contributed by atoms with Crippen LogP contribution in [-0.4, -0.2) is 17.8 Å². The Labute approximate surface area is 103 Å². The van der Waals surface area contributed by atoms with E-state index in [-0.39, 0.29) is 12.0 Å². The zero-order valence-electron chi connectivity index (χ0n) is 10.4. The van der Waals surface area contributed by atoms with Crippen molar-refractivity contribution < 1.29 is 9.84 Å². The van der Waals surface area contributed by atoms with Crippen LogP contribution in [0.4, 0.5) is 0 Å². The predicted molar refractivity (Wildman–Crippen MR) is 66.9 cm³/mol. The summed E-state index contributed by atoms with van der Waals surface area (Å²) in [4.78, 5) is 0. The molecule has 1 aromatic carbocycles. The van der Waals surface area contributed by atoms with E-state index in [0.717, 1.165) is 12.0 Å². The Morgan fingerprint density at radius 1 is 1.29 bits per heavy atom. The lowest BCUT2D eigenvalue weighted by molar-refractivity contribution is 0.0803. The lowest BCUT2D eigenvalue weighted by Crippen LogP contribution is -2.13. The van der Waals surface area contributed by atoms with Crippen LogP contribution in [0.2, 0.25) is 0 Å². The molecule has 2 heteroatoms. The lowest BCUT2D eigenvalue weighted by atomic mass is 9.92. The summed E-state index contributed by atoms with van der Waals surface area (Å²) in [5.41, 5.74) is 3.99. The van der Waals surface area contributed by atoms with Gasteiger partial charge in [0.1, 0.15) is 0 Å². The van der Waals surface area contributed by atoms with Gasteiger partial charge in [-0.05, 0) is 49.3 Å². The van der Waals surface area contributed by atoms with E-state index < -0.39 is 0 Å². The Morgan fingerprint density at radius 2 is 2.12 bits per heavy atom. The fourth-order valence-electron chi connectivity index (χ4n) is 3.12. The van der Waals surface area contributed by atoms with E-state index in [4.69, 9.17) is 4.74 Å². The first kappa shape index (κ1) is 11.2. The van der Waals surface area contributed by atoms with Gasteiger partial charge in [-0.2, -0.15) is 0 Å². The molecule has 0 spiro atoms. The maximum absolute atomic E-state index is 10.4. The van der Waals surface area contributed by atoms with Crippen molar-refractivity contribution >= 4 is 0 Å². The van der Waals surface area contributed by atoms with E-state index in [1.165, 1.54) is 30.4 Å². The summed E-state index contributed by atoms with van der Waals surface area (Å²) in [6.45, 7) is 2.77. The summed E-state index contributed by atoms with van der Waals surface area (Å²) in [7, 11) is 0. The van der Waals surface area contributed by atoms with E-state index in [1.807, 2.05) is 0 Å². The van der Waals surface area contributed by atoms with E-state index in [9.17, 15) is 5.11 Å². The van der Waals surface area contributed by atoms with Gasteiger partial charge in [0, 0.05) is 5.92 Å². The van der Waals surface area contributed by atoms with E-state index in [2.05, 4.69) is 25.1 Å². The molecule has 0 amide bonds. The summed E-state index contributed by atoms with van der Waals surface area (Å²) in [6, 6.07) is 6.49. The van der Waals surface area contributed by atoms with Gasteiger partial charge in [0.05, 0.1) is 18.8 Å². The Morgan fingerprint density at radius 3 is 2.88 bits per heavy atom. The molecule has 0 radical (unpaired) electrons. The second kappa shape index (κ2) is 4.43. The normalized spacial score (nSPS) is 29.3. The minimum absolute atomic E-state index is 0.268. The van der Waals surface area contributed by atoms with Gasteiger partial charge in [0.25, 0.3) is 0 Å². The molecular formula is C15H20O2. The first-order valence-electron chi connectivity index (χ1n) is 6.65. The highest BCUT2D eigenvalue weighted by atomic mass is 16.5. The fourth-order valence-corrected chi connectivity index (χ4v) is 3.12. The van der Waals surface area contributed by atoms with Gasteiger partial charge in [-0.15, -0.1) is 0 Å². The highest BCUT2D eigenvalue weighted by Gasteiger charge is 2.29. The topological polar surface area (TPSA) is 29.5 Å². The zero-order valence-corrected chi connectivity index (χ0v) is 10.4. The van der Waals surface area contributed by atoms with Crippen LogP contribution in [0, 0.1) is 5.92 Å². The molecule has 17 heavy (non-hydrogen) atoms. The third kappa shape index (κ3) is 2.12. The first-order chi connectivity index (χ1) is 8.24. The van der Waals surface area contributed by atoms with Crippen molar-refractivity contribution in [2.45, 2.75) is 44.8 Å². The minimum Gasteiger partial charge on any atom is -0.388 e. The second-order valence-corrected chi connectivity index (χ2v) is 5.47. The molecule has 1 aliphatic carbocycles. The van der Waals surface area contributed by atoms with Crippen LogP contribution in [0.15, 0.2) is 18.2 Å². The van der Waals surface area contributed by atoms with Gasteiger partial charge in [-0.1, -0.05) is 18.2 Å². The largest absolute Gasteiger partial charge is 0.388 e. The quantitative estimate of drug-likeness (QED) is 0.849. The number of aliphatic hydroxyl groups excluding tert-OH is 1. The summed E-state index contributed by atoms with van der Waals surface area (Å²) >= 11 is 0. The monoisotopic (exact) mass is 232 g/mol. The third-order valence-corrected chi connectivity index (χ3v) is 4.14. The van der Waals surface area contributed by atoms with Gasteiger partial charge in [0.2, 0.25) is 0 Å². The molecule has 3 rings (SSSR count). The van der Waals surface area contributed by atoms with Gasteiger partial charge in [0.15, 0.2) is 0 Å². The minimum atomic E-state index is -0.356. The molecular weight excluding hydrogens is 212 g/mol. The first-order valence-corrected chi connectivity index (χ1v) is 6.65. The molecule has 2 nitrogen and oxygen atoms in total. The molecule has 3 atom stereocenters. The van der Waals surface area contributed by atoms with Gasteiger partial charge >= 0.3 is 0 Å². The van der Waals surface area contributed by atoms with Crippen molar-refractivity contribution in [3.8, 4) is 0 Å². The van der Waals surface area contributed by atoms with Crippen LogP contribution in [0.1, 0.15) is 42.6 Å². The second-order valence-electron chi connectivity index (χ2n) is 5.47. The maximum atomic E-state index is 10.4. The number of aliphatic hydroxyl groups is 1. The Bertz CT molecular complexity index is 413. The molecule has 1 N–H and O–H groups in total. The summed E-state index contributed by atoms with van der Waals surface area (Å²) in [5.74, 6) is 0.268. The standard InChI is InChI=1S/C15H20O2/c1-10-7-14(9-17-10)15(16)13-6-5-11-3-2-4-12(11)8-13/h5-6,8,10,14-16H,2-4,7,9H2,1H3. The molecule has 3 unspecified atom stereocenters. The van der Waals surface area contributed by atoms with Crippen molar-refractivity contribution in [3.05, 3.63) is 34.9 Å². The van der Waals surface area contributed by atoms with Crippen LogP contribution in [-0.2, 0) is 17.6 Å². The molecule has 0 aromatic heterocycles. The van der Waals surface area contributed by atoms with Gasteiger partial charge in [-0.25, -0.2) is 0 Å². The SMILES string of the molecule is CC1CC(C(O)c2ccc3c(c2)CCC3)CO1. The number of hydrogen-bond acceptors (Lipinski definition) is 2. The smallest absolute Gasteiger partial charge is 0.0841 e. The number of aryl methyl sites for hydroxylation is 2. The number of fused-ring (bicyclic) bond motifs is 1. The van der Waals surface area contributed by atoms with Crippen molar-refractivity contribution in [1.82, 2.24) is 0 Å². The van der Waals surface area contributed by atoms with Crippen LogP contribution in [0.3, 0.4) is 0 Å². The van der Waals surface area contributed by atoms with E-state index >= 15 is 0 Å². The van der Waals surface area contributed by atoms with Gasteiger partial charge in [-0.3, -0.25) is 0 Å². The average Bonchev–Trinajstić information content (AvgIpc) is 2.95. The summed E-state index contributed by atoms with van der Waals surface area (Å²) in [5, 5.41) is 10.4. The molecule has 0 bridgehead atoms. The van der Waals surface area contributed by atoms with E-state index in [0.29, 0.717) is 12.7 Å². The summed E-state index contributed by atoms with van der Waals surface area (Å²) in [6.07, 6.45) is 4.55. The van der Waals surface area contributed by atoms with E-state index in [1.54, 1.807) is 0 Å². The Balaban J connectivity index is 1.79. The highest BCUT2D eigenvalue weighted by Crippen LogP contribution is 2.33. The molecule has 92 valence electrons. The number of rotatable bonds is 2. The van der Waals surface area contributed by atoms with Crippen LogP contribution in [0.25, 0.3) is 0 Å². The molecule has 0 saturated carbocycles. The fraction of sp³-hybridized carbons (Fsp3) is 0.600. The van der Waals surface area contributed by atoms with Crippen molar-refractivity contribution in [2.24, 2.45) is 5.92 Å². The molecule has 1 saturated heterocycles. The van der Waals surface area contributed by atoms with Crippen molar-refractivity contribution in [3.63, 3.8) is 0 Å². The van der Waals surface area contributed by atoms with Crippen molar-refractivity contribution in [2.75, 3.05) is 6.61 Å². The Hall–Kier alpha value is -0.860. The van der Waals surface area contributed by atoms with Crippen LogP contribution < -0.4 is 0 Å². The van der Waals surface area contributed by atoms with Crippen molar-refractivity contribution in [1.29, 1.82) is 0 Å². The molecule has 1 aromatic rings. The van der Waals surface area contributed by atoms with Gasteiger partial charge < -0.3 is 9.84 Å². The van der Waals surface area contributed by atoms with Crippen LogP contribution >= 0.6 is 0 Å².